The summed E-state index contributed by atoms with van der Waals surface area (Å²) in [6.07, 6.45) is 4.29. The van der Waals surface area contributed by atoms with Gasteiger partial charge in [0, 0.05) is 25.7 Å². The second-order valence-corrected chi connectivity index (χ2v) is 5.97. The molecule has 0 saturated carbocycles. The summed E-state index contributed by atoms with van der Waals surface area (Å²) < 4.78 is 5.71. The third-order valence-corrected chi connectivity index (χ3v) is 4.29. The molecule has 2 aliphatic heterocycles. The summed E-state index contributed by atoms with van der Waals surface area (Å²) in [5.74, 6) is 0. The quantitative estimate of drug-likeness (QED) is 0.789. The molecule has 3 nitrogen and oxygen atoms in total. The van der Waals surface area contributed by atoms with Gasteiger partial charge in [0.2, 0.25) is 0 Å². The Kier molecular flexibility index (Phi) is 3.88. The summed E-state index contributed by atoms with van der Waals surface area (Å²) in [5, 5.41) is 3.47. The second kappa shape index (κ2) is 5.03. The second-order valence-electron chi connectivity index (χ2n) is 5.97. The zero-order chi connectivity index (χ0) is 11.6. The lowest BCUT2D eigenvalue weighted by Crippen LogP contribution is -2.55. The number of likely N-dealkylation sites (tertiary alicyclic amines) is 1. The molecule has 2 atom stereocenters. The molecule has 0 spiro atoms. The van der Waals surface area contributed by atoms with Crippen LogP contribution in [0.4, 0.5) is 0 Å². The van der Waals surface area contributed by atoms with E-state index in [1.54, 1.807) is 0 Å². The summed E-state index contributed by atoms with van der Waals surface area (Å²) in [4.78, 5) is 2.57. The Morgan fingerprint density at radius 2 is 2.25 bits per heavy atom. The number of hydrogen-bond donors (Lipinski definition) is 1. The molecule has 2 saturated heterocycles. The van der Waals surface area contributed by atoms with Gasteiger partial charge in [-0.1, -0.05) is 13.8 Å². The number of ether oxygens (including phenoxy) is 1. The number of nitrogens with zero attached hydrogens (tertiary/aromatic N) is 1. The van der Waals surface area contributed by atoms with Crippen LogP contribution in [0.1, 0.15) is 33.1 Å². The van der Waals surface area contributed by atoms with Crippen molar-refractivity contribution >= 4 is 0 Å². The van der Waals surface area contributed by atoms with Crippen LogP contribution in [0.3, 0.4) is 0 Å². The lowest BCUT2D eigenvalue weighted by molar-refractivity contribution is 0.0334. The molecule has 0 bridgehead atoms. The highest BCUT2D eigenvalue weighted by molar-refractivity contribution is 4.91. The van der Waals surface area contributed by atoms with Gasteiger partial charge in [0.15, 0.2) is 0 Å². The van der Waals surface area contributed by atoms with Crippen LogP contribution in [-0.4, -0.2) is 50.3 Å². The smallest absolute Gasteiger partial charge is 0.0702 e. The van der Waals surface area contributed by atoms with Gasteiger partial charge in [-0.15, -0.1) is 0 Å². The fraction of sp³-hybridized carbons (Fsp3) is 1.00. The van der Waals surface area contributed by atoms with Crippen LogP contribution in [0.25, 0.3) is 0 Å². The first-order valence-corrected chi connectivity index (χ1v) is 6.63. The maximum atomic E-state index is 5.71. The summed E-state index contributed by atoms with van der Waals surface area (Å²) >= 11 is 0. The third kappa shape index (κ3) is 2.76. The first kappa shape index (κ1) is 12.3. The van der Waals surface area contributed by atoms with E-state index >= 15 is 0 Å². The summed E-state index contributed by atoms with van der Waals surface area (Å²) in [7, 11) is 2.09. The van der Waals surface area contributed by atoms with Gasteiger partial charge < -0.3 is 10.1 Å². The van der Waals surface area contributed by atoms with E-state index in [-0.39, 0.29) is 0 Å². The Hall–Kier alpha value is -0.120. The average Bonchev–Trinajstić information content (AvgIpc) is 2.73. The van der Waals surface area contributed by atoms with Gasteiger partial charge in [-0.3, -0.25) is 4.90 Å². The molecule has 0 amide bonds. The van der Waals surface area contributed by atoms with E-state index in [9.17, 15) is 0 Å². The minimum atomic E-state index is 0.432. The van der Waals surface area contributed by atoms with Crippen LogP contribution < -0.4 is 5.32 Å². The molecule has 16 heavy (non-hydrogen) atoms. The van der Waals surface area contributed by atoms with Gasteiger partial charge >= 0.3 is 0 Å². The molecule has 3 heteroatoms. The monoisotopic (exact) mass is 226 g/mol. The van der Waals surface area contributed by atoms with Crippen molar-refractivity contribution in [2.45, 2.75) is 45.3 Å². The Morgan fingerprint density at radius 3 is 2.88 bits per heavy atom. The van der Waals surface area contributed by atoms with Crippen molar-refractivity contribution in [1.29, 1.82) is 0 Å². The van der Waals surface area contributed by atoms with Crippen molar-refractivity contribution in [1.82, 2.24) is 10.2 Å². The first-order valence-electron chi connectivity index (χ1n) is 6.63. The van der Waals surface area contributed by atoms with Gasteiger partial charge in [0.1, 0.15) is 0 Å². The van der Waals surface area contributed by atoms with Crippen molar-refractivity contribution in [2.24, 2.45) is 5.41 Å². The van der Waals surface area contributed by atoms with Crippen LogP contribution in [-0.2, 0) is 4.74 Å². The van der Waals surface area contributed by atoms with Crippen molar-refractivity contribution in [3.8, 4) is 0 Å². The average molecular weight is 226 g/mol. The number of likely N-dealkylation sites (N-methyl/N-ethyl adjacent to an activating group) is 1. The minimum absolute atomic E-state index is 0.432. The maximum Gasteiger partial charge on any atom is 0.0702 e. The molecule has 0 radical (unpaired) electrons. The highest BCUT2D eigenvalue weighted by Gasteiger charge is 2.35. The van der Waals surface area contributed by atoms with Crippen LogP contribution in [0.15, 0.2) is 0 Å². The van der Waals surface area contributed by atoms with E-state index in [1.165, 1.54) is 32.4 Å². The zero-order valence-electron chi connectivity index (χ0n) is 11.0. The number of piperidine rings is 1. The lowest BCUT2D eigenvalue weighted by atomic mass is 9.78. The highest BCUT2D eigenvalue weighted by Crippen LogP contribution is 2.30. The molecule has 94 valence electrons. The van der Waals surface area contributed by atoms with Gasteiger partial charge in [-0.2, -0.15) is 0 Å². The van der Waals surface area contributed by atoms with Gasteiger partial charge in [0.05, 0.1) is 6.10 Å². The number of rotatable bonds is 3. The molecule has 0 aromatic rings. The van der Waals surface area contributed by atoms with Crippen LogP contribution in [0.5, 0.6) is 0 Å². The molecule has 0 aromatic heterocycles. The summed E-state index contributed by atoms with van der Waals surface area (Å²) in [6, 6.07) is 0.614. The van der Waals surface area contributed by atoms with Crippen LogP contribution in [0, 0.1) is 5.41 Å². The molecule has 0 aromatic carbocycles. The SMILES string of the molecule is CNC1CN(CC2CCCO2)CCC1(C)C. The molecule has 2 aliphatic rings. The van der Waals surface area contributed by atoms with Gasteiger partial charge in [-0.25, -0.2) is 0 Å². The highest BCUT2D eigenvalue weighted by atomic mass is 16.5. The van der Waals surface area contributed by atoms with E-state index in [4.69, 9.17) is 4.74 Å². The zero-order valence-corrected chi connectivity index (χ0v) is 11.0. The maximum absolute atomic E-state index is 5.71. The molecule has 2 rings (SSSR count). The van der Waals surface area contributed by atoms with Crippen LogP contribution in [0.2, 0.25) is 0 Å². The van der Waals surface area contributed by atoms with Crippen LogP contribution >= 0.6 is 0 Å². The Bertz CT molecular complexity index is 224. The number of nitrogens with one attached hydrogen (secondary N) is 1. The summed E-state index contributed by atoms with van der Waals surface area (Å²) in [6.45, 7) is 9.25. The van der Waals surface area contributed by atoms with E-state index in [2.05, 4.69) is 31.1 Å². The van der Waals surface area contributed by atoms with Gasteiger partial charge in [-0.05, 0) is 38.3 Å². The fourth-order valence-corrected chi connectivity index (χ4v) is 2.94. The van der Waals surface area contributed by atoms with E-state index in [1.807, 2.05) is 0 Å². The summed E-state index contributed by atoms with van der Waals surface area (Å²) in [5.41, 5.74) is 0.432. The van der Waals surface area contributed by atoms with E-state index < -0.39 is 0 Å². The number of hydrogen-bond acceptors (Lipinski definition) is 3. The van der Waals surface area contributed by atoms with E-state index in [0.29, 0.717) is 17.6 Å². The Labute approximate surface area is 99.5 Å². The first-order chi connectivity index (χ1) is 7.62. The van der Waals surface area contributed by atoms with Crippen molar-refractivity contribution < 1.29 is 4.74 Å². The predicted molar refractivity (Wildman–Crippen MR) is 66.7 cm³/mol. The minimum Gasteiger partial charge on any atom is -0.377 e. The van der Waals surface area contributed by atoms with Crippen molar-refractivity contribution in [3.63, 3.8) is 0 Å². The van der Waals surface area contributed by atoms with E-state index in [0.717, 1.165) is 13.2 Å². The molecule has 0 aliphatic carbocycles. The van der Waals surface area contributed by atoms with Crippen molar-refractivity contribution in [3.05, 3.63) is 0 Å². The Balaban J connectivity index is 1.84. The van der Waals surface area contributed by atoms with Crippen molar-refractivity contribution in [2.75, 3.05) is 33.3 Å². The lowest BCUT2D eigenvalue weighted by Gasteiger charge is -2.44. The standard InChI is InChI=1S/C13H26N2O/c1-13(2)6-7-15(10-12(13)14-3)9-11-5-4-8-16-11/h11-12,14H,4-10H2,1-3H3. The molecular weight excluding hydrogens is 200 g/mol. The predicted octanol–water partition coefficient (Wildman–Crippen LogP) is 1.49. The molecule has 2 unspecified atom stereocenters. The molecule has 2 fully saturated rings. The third-order valence-electron chi connectivity index (χ3n) is 4.29. The Morgan fingerprint density at radius 1 is 1.44 bits per heavy atom. The molecular formula is C13H26N2O. The molecule has 2 heterocycles. The van der Waals surface area contributed by atoms with Gasteiger partial charge in [0.25, 0.3) is 0 Å². The molecule has 1 N–H and O–H groups in total. The largest absolute Gasteiger partial charge is 0.377 e. The topological polar surface area (TPSA) is 24.5 Å². The normalized spacial score (nSPS) is 35.4. The fourth-order valence-electron chi connectivity index (χ4n) is 2.94.